The first-order valence-corrected chi connectivity index (χ1v) is 14.0. The summed E-state index contributed by atoms with van der Waals surface area (Å²) in [6, 6.07) is 13.0. The molecule has 0 aliphatic carbocycles. The highest BCUT2D eigenvalue weighted by molar-refractivity contribution is 6.06. The van der Waals surface area contributed by atoms with Crippen LogP contribution in [0.2, 0.25) is 0 Å². The number of ether oxygens (including phenoxy) is 2. The van der Waals surface area contributed by atoms with Crippen LogP contribution in [-0.2, 0) is 23.9 Å². The molecule has 8 heteroatoms. The van der Waals surface area contributed by atoms with Gasteiger partial charge in [-0.3, -0.25) is 14.4 Å². The maximum Gasteiger partial charge on any atom is 0.312 e. The van der Waals surface area contributed by atoms with Crippen LogP contribution in [-0.4, -0.2) is 71.8 Å². The molecule has 5 atom stereocenters. The molecule has 1 spiro atoms. The van der Waals surface area contributed by atoms with Gasteiger partial charge in [0.15, 0.2) is 0 Å². The molecule has 0 saturated carbocycles. The summed E-state index contributed by atoms with van der Waals surface area (Å²) in [4.78, 5) is 45.1. The third kappa shape index (κ3) is 4.36. The van der Waals surface area contributed by atoms with Gasteiger partial charge in [0, 0.05) is 25.4 Å². The van der Waals surface area contributed by atoms with E-state index in [2.05, 4.69) is 0 Å². The van der Waals surface area contributed by atoms with Gasteiger partial charge in [0.1, 0.15) is 17.6 Å². The number of likely N-dealkylation sites (tertiary alicyclic amines) is 1. The van der Waals surface area contributed by atoms with Gasteiger partial charge in [0.2, 0.25) is 5.91 Å². The van der Waals surface area contributed by atoms with Gasteiger partial charge >= 0.3 is 5.97 Å². The number of cyclic esters (lactones) is 1. The molecule has 2 saturated heterocycles. The Morgan fingerprint density at radius 2 is 1.77 bits per heavy atom. The summed E-state index contributed by atoms with van der Waals surface area (Å²) in [5.41, 5.74) is -0.504. The van der Waals surface area contributed by atoms with Crippen LogP contribution in [0.4, 0.5) is 5.69 Å². The Morgan fingerprint density at radius 3 is 2.62 bits per heavy atom. The molecule has 0 bridgehead atoms. The van der Waals surface area contributed by atoms with Crippen LogP contribution in [0.5, 0.6) is 0 Å². The fraction of sp³-hybridized carbons (Fsp3) is 0.452. The number of hydrogen-bond acceptors (Lipinski definition) is 6. The smallest absolute Gasteiger partial charge is 0.312 e. The third-order valence-electron chi connectivity index (χ3n) is 8.47. The minimum absolute atomic E-state index is 0.132. The van der Waals surface area contributed by atoms with Gasteiger partial charge < -0.3 is 24.4 Å². The molecule has 4 aliphatic heterocycles. The SMILES string of the molecule is O=C1OCCC=C[C@H]2O[C@]34C=CCN(c5ccc6ccccc6c5)C(=O)C3N(CCCCCCO)C(=O)[C@@H]4[C@@H]12. The summed E-state index contributed by atoms with van der Waals surface area (Å²) in [5, 5.41) is 11.2. The van der Waals surface area contributed by atoms with Crippen LogP contribution in [0, 0.1) is 11.8 Å². The monoisotopic (exact) mass is 530 g/mol. The number of aliphatic hydroxyl groups excluding tert-OH is 1. The fourth-order valence-electron chi connectivity index (χ4n) is 6.67. The van der Waals surface area contributed by atoms with Crippen molar-refractivity contribution in [3.8, 4) is 0 Å². The number of anilines is 1. The molecular formula is C31H34N2O6. The number of amides is 2. The van der Waals surface area contributed by atoms with E-state index in [1.165, 1.54) is 0 Å². The van der Waals surface area contributed by atoms with E-state index in [4.69, 9.17) is 14.6 Å². The van der Waals surface area contributed by atoms with E-state index in [9.17, 15) is 14.4 Å². The van der Waals surface area contributed by atoms with Gasteiger partial charge in [-0.05, 0) is 42.2 Å². The largest absolute Gasteiger partial charge is 0.465 e. The van der Waals surface area contributed by atoms with Gasteiger partial charge in [-0.1, -0.05) is 67.5 Å². The second-order valence-corrected chi connectivity index (χ2v) is 10.8. The molecule has 204 valence electrons. The Bertz CT molecular complexity index is 1340. The van der Waals surface area contributed by atoms with Gasteiger partial charge in [0.25, 0.3) is 5.91 Å². The van der Waals surface area contributed by atoms with Crippen molar-refractivity contribution >= 4 is 34.2 Å². The van der Waals surface area contributed by atoms with Crippen molar-refractivity contribution in [1.29, 1.82) is 0 Å². The zero-order valence-corrected chi connectivity index (χ0v) is 21.9. The summed E-state index contributed by atoms with van der Waals surface area (Å²) < 4.78 is 12.1. The van der Waals surface area contributed by atoms with Gasteiger partial charge in [0.05, 0.1) is 18.6 Å². The molecule has 2 aromatic rings. The highest BCUT2D eigenvalue weighted by atomic mass is 16.6. The number of rotatable bonds is 7. The van der Waals surface area contributed by atoms with Crippen molar-refractivity contribution in [2.45, 2.75) is 49.9 Å². The number of nitrogens with zero attached hydrogens (tertiary/aromatic N) is 2. The van der Waals surface area contributed by atoms with Crippen molar-refractivity contribution in [2.75, 3.05) is 31.2 Å². The average Bonchev–Trinajstić information content (AvgIpc) is 3.31. The second-order valence-electron chi connectivity index (χ2n) is 10.8. The molecule has 2 amide bonds. The van der Waals surface area contributed by atoms with Crippen molar-refractivity contribution in [3.05, 3.63) is 66.8 Å². The van der Waals surface area contributed by atoms with Gasteiger partial charge in [-0.2, -0.15) is 0 Å². The van der Waals surface area contributed by atoms with Crippen LogP contribution in [0.15, 0.2) is 66.8 Å². The Labute approximate surface area is 227 Å². The van der Waals surface area contributed by atoms with Crippen molar-refractivity contribution < 1.29 is 29.0 Å². The summed E-state index contributed by atoms with van der Waals surface area (Å²) in [7, 11) is 0. The summed E-state index contributed by atoms with van der Waals surface area (Å²) in [6.45, 7) is 1.10. The number of unbranched alkanes of at least 4 members (excludes halogenated alkanes) is 3. The van der Waals surface area contributed by atoms with E-state index in [1.807, 2.05) is 66.8 Å². The van der Waals surface area contributed by atoms with Crippen LogP contribution < -0.4 is 4.90 Å². The number of esters is 1. The van der Waals surface area contributed by atoms with E-state index in [-0.39, 0.29) is 25.0 Å². The molecule has 4 aliphatic rings. The predicted octanol–water partition coefficient (Wildman–Crippen LogP) is 3.38. The number of benzene rings is 2. The van der Waals surface area contributed by atoms with Gasteiger partial charge in [-0.15, -0.1) is 0 Å². The first kappa shape index (κ1) is 25.8. The van der Waals surface area contributed by atoms with E-state index in [0.29, 0.717) is 32.4 Å². The summed E-state index contributed by atoms with van der Waals surface area (Å²) in [5.74, 6) is -2.54. The summed E-state index contributed by atoms with van der Waals surface area (Å²) in [6.07, 6.45) is 10.5. The number of fused-ring (bicyclic) bond motifs is 3. The van der Waals surface area contributed by atoms with E-state index in [1.54, 1.807) is 9.80 Å². The molecule has 2 aromatic carbocycles. The first-order chi connectivity index (χ1) is 19.0. The third-order valence-corrected chi connectivity index (χ3v) is 8.47. The van der Waals surface area contributed by atoms with Crippen LogP contribution in [0.1, 0.15) is 32.1 Å². The average molecular weight is 531 g/mol. The Hall–Kier alpha value is -3.49. The molecule has 2 fully saturated rings. The van der Waals surface area contributed by atoms with Crippen LogP contribution >= 0.6 is 0 Å². The summed E-state index contributed by atoms with van der Waals surface area (Å²) >= 11 is 0. The lowest BCUT2D eigenvalue weighted by atomic mass is 9.77. The molecule has 6 rings (SSSR count). The fourth-order valence-corrected chi connectivity index (χ4v) is 6.67. The maximum absolute atomic E-state index is 14.5. The highest BCUT2D eigenvalue weighted by Gasteiger charge is 2.71. The lowest BCUT2D eigenvalue weighted by Crippen LogP contribution is -2.55. The molecule has 0 aromatic heterocycles. The predicted molar refractivity (Wildman–Crippen MR) is 146 cm³/mol. The number of hydrogen-bond donors (Lipinski definition) is 1. The standard InChI is InChI=1S/C31H34N2O6/c34-18-7-2-1-6-16-33-27-29(36)32(23-14-13-21-10-3-4-11-22(21)20-23)17-9-15-31(27)26(28(33)35)25-24(39-31)12-5-8-19-38-30(25)37/h3-5,9-15,20,24-27,34H,1-2,6-8,16-19H2/t24-,25+,26+,27?,31+/m1/s1. The van der Waals surface area contributed by atoms with Crippen molar-refractivity contribution in [3.63, 3.8) is 0 Å². The van der Waals surface area contributed by atoms with Gasteiger partial charge in [-0.25, -0.2) is 0 Å². The number of aliphatic hydroxyl groups is 1. The topological polar surface area (TPSA) is 96.4 Å². The molecule has 1 N–H and O–H groups in total. The molecule has 8 nitrogen and oxygen atoms in total. The molecular weight excluding hydrogens is 496 g/mol. The normalized spacial score (nSPS) is 30.0. The van der Waals surface area contributed by atoms with E-state index >= 15 is 0 Å². The number of carbonyl (C=O) groups is 3. The molecule has 0 radical (unpaired) electrons. The van der Waals surface area contributed by atoms with E-state index in [0.717, 1.165) is 29.3 Å². The van der Waals surface area contributed by atoms with Crippen LogP contribution in [0.25, 0.3) is 10.8 Å². The number of carbonyl (C=O) groups excluding carboxylic acids is 3. The lowest BCUT2D eigenvalue weighted by molar-refractivity contribution is -0.154. The van der Waals surface area contributed by atoms with Crippen molar-refractivity contribution in [2.24, 2.45) is 11.8 Å². The lowest BCUT2D eigenvalue weighted by Gasteiger charge is -2.35. The van der Waals surface area contributed by atoms with Crippen LogP contribution in [0.3, 0.4) is 0 Å². The molecule has 39 heavy (non-hydrogen) atoms. The minimum atomic E-state index is -1.26. The zero-order chi connectivity index (χ0) is 27.0. The van der Waals surface area contributed by atoms with E-state index < -0.39 is 35.6 Å². The Morgan fingerprint density at radius 1 is 0.949 bits per heavy atom. The van der Waals surface area contributed by atoms with Crippen molar-refractivity contribution in [1.82, 2.24) is 4.90 Å². The zero-order valence-electron chi connectivity index (χ0n) is 21.9. The second kappa shape index (κ2) is 10.6. The molecule has 1 unspecified atom stereocenters. The molecule has 4 heterocycles. The highest BCUT2D eigenvalue weighted by Crippen LogP contribution is 2.53. The first-order valence-electron chi connectivity index (χ1n) is 14.0. The minimum Gasteiger partial charge on any atom is -0.465 e. The quantitative estimate of drug-likeness (QED) is 0.335. The maximum atomic E-state index is 14.5. The Kier molecular flexibility index (Phi) is 6.99. The Balaban J connectivity index is 1.39.